The second-order valence-electron chi connectivity index (χ2n) is 4.97. The summed E-state index contributed by atoms with van der Waals surface area (Å²) < 4.78 is 31.3. The van der Waals surface area contributed by atoms with Gasteiger partial charge in [-0.05, 0) is 24.6 Å². The lowest BCUT2D eigenvalue weighted by atomic mass is 10.2. The number of ether oxygens (including phenoxy) is 1. The number of aliphatic hydroxyl groups is 1. The van der Waals surface area contributed by atoms with Gasteiger partial charge in [-0.1, -0.05) is 6.07 Å². The highest BCUT2D eigenvalue weighted by Crippen LogP contribution is 2.32. The number of carboxylic acids is 1. The molecular formula is C13H17NO6S. The summed E-state index contributed by atoms with van der Waals surface area (Å²) in [6.45, 7) is 1.49. The third-order valence-corrected chi connectivity index (χ3v) is 5.32. The van der Waals surface area contributed by atoms with Crippen molar-refractivity contribution < 1.29 is 28.2 Å². The number of carboxylic acid groups (broad SMARTS) is 1. The van der Waals surface area contributed by atoms with Crippen molar-refractivity contribution in [1.82, 2.24) is 4.31 Å². The first-order chi connectivity index (χ1) is 9.77. The summed E-state index contributed by atoms with van der Waals surface area (Å²) in [5.74, 6) is -1.13. The Morgan fingerprint density at radius 2 is 2.10 bits per heavy atom. The zero-order valence-corrected chi connectivity index (χ0v) is 12.5. The Bertz CT molecular complexity index is 657. The maximum Gasteiger partial charge on any atom is 0.322 e. The molecule has 1 aliphatic heterocycles. The van der Waals surface area contributed by atoms with Gasteiger partial charge in [-0.25, -0.2) is 8.42 Å². The normalized spacial score (nSPS) is 23.2. The molecule has 0 aromatic heterocycles. The number of β-amino-alcohol motifs (C(OH)–C–C–N with tert-alkyl or cyclic N) is 1. The summed E-state index contributed by atoms with van der Waals surface area (Å²) >= 11 is 0. The van der Waals surface area contributed by atoms with Gasteiger partial charge in [0.05, 0.1) is 13.2 Å². The van der Waals surface area contributed by atoms with Gasteiger partial charge in [0.15, 0.2) is 0 Å². The predicted octanol–water partition coefficient (Wildman–Crippen LogP) is 0.212. The lowest BCUT2D eigenvalue weighted by Gasteiger charge is -2.22. The minimum atomic E-state index is -4.06. The van der Waals surface area contributed by atoms with E-state index in [2.05, 4.69) is 0 Å². The predicted molar refractivity (Wildman–Crippen MR) is 73.7 cm³/mol. The topological polar surface area (TPSA) is 104 Å². The fraction of sp³-hybridized carbons (Fsp3) is 0.462. The molecule has 0 bridgehead atoms. The van der Waals surface area contributed by atoms with Crippen LogP contribution < -0.4 is 4.74 Å². The molecule has 116 valence electrons. The first-order valence-electron chi connectivity index (χ1n) is 6.34. The third-order valence-electron chi connectivity index (χ3n) is 3.42. The van der Waals surface area contributed by atoms with E-state index in [0.29, 0.717) is 5.56 Å². The fourth-order valence-electron chi connectivity index (χ4n) is 2.39. The van der Waals surface area contributed by atoms with E-state index < -0.39 is 28.1 Å². The van der Waals surface area contributed by atoms with Crippen LogP contribution in [0.15, 0.2) is 23.1 Å². The van der Waals surface area contributed by atoms with E-state index in [4.69, 9.17) is 9.84 Å². The summed E-state index contributed by atoms with van der Waals surface area (Å²) in [5.41, 5.74) is 0.709. The highest BCUT2D eigenvalue weighted by molar-refractivity contribution is 7.89. The SMILES string of the molecule is COc1ccc(C)cc1S(=O)(=O)N1CC(O)C[C@H]1C(=O)O. The van der Waals surface area contributed by atoms with Crippen molar-refractivity contribution in [2.75, 3.05) is 13.7 Å². The van der Waals surface area contributed by atoms with Crippen molar-refractivity contribution in [1.29, 1.82) is 0 Å². The molecule has 1 aromatic rings. The van der Waals surface area contributed by atoms with Crippen LogP contribution in [0.4, 0.5) is 0 Å². The number of aliphatic carboxylic acids is 1. The third kappa shape index (κ3) is 2.87. The average molecular weight is 315 g/mol. The molecule has 0 saturated carbocycles. The number of hydrogen-bond acceptors (Lipinski definition) is 5. The molecule has 0 spiro atoms. The van der Waals surface area contributed by atoms with Gasteiger partial charge in [0.25, 0.3) is 0 Å². The van der Waals surface area contributed by atoms with Crippen LogP contribution in [0.2, 0.25) is 0 Å². The van der Waals surface area contributed by atoms with Crippen LogP contribution in [0.1, 0.15) is 12.0 Å². The minimum Gasteiger partial charge on any atom is -0.495 e. The monoisotopic (exact) mass is 315 g/mol. The average Bonchev–Trinajstić information content (AvgIpc) is 2.82. The minimum absolute atomic E-state index is 0.0923. The van der Waals surface area contributed by atoms with Crippen molar-refractivity contribution in [2.45, 2.75) is 30.4 Å². The molecule has 8 heteroatoms. The quantitative estimate of drug-likeness (QED) is 0.823. The van der Waals surface area contributed by atoms with Crippen LogP contribution in [0.3, 0.4) is 0 Å². The second-order valence-corrected chi connectivity index (χ2v) is 6.83. The van der Waals surface area contributed by atoms with Gasteiger partial charge in [-0.2, -0.15) is 4.31 Å². The number of hydrogen-bond donors (Lipinski definition) is 2. The van der Waals surface area contributed by atoms with Crippen LogP contribution in [-0.2, 0) is 14.8 Å². The maximum atomic E-state index is 12.7. The largest absolute Gasteiger partial charge is 0.495 e. The fourth-order valence-corrected chi connectivity index (χ4v) is 4.26. The summed E-state index contributed by atoms with van der Waals surface area (Å²) in [5, 5.41) is 18.8. The molecule has 0 amide bonds. The van der Waals surface area contributed by atoms with E-state index in [-0.39, 0.29) is 23.6 Å². The number of aliphatic hydroxyl groups excluding tert-OH is 1. The van der Waals surface area contributed by atoms with Gasteiger partial charge < -0.3 is 14.9 Å². The van der Waals surface area contributed by atoms with E-state index in [1.165, 1.54) is 19.2 Å². The summed E-state index contributed by atoms with van der Waals surface area (Å²) in [6, 6.07) is 3.38. The Labute approximate surface area is 122 Å². The molecule has 1 heterocycles. The Hall–Kier alpha value is -1.64. The van der Waals surface area contributed by atoms with Crippen molar-refractivity contribution in [3.63, 3.8) is 0 Å². The van der Waals surface area contributed by atoms with Crippen LogP contribution in [0.5, 0.6) is 5.75 Å². The first kappa shape index (κ1) is 15.7. The first-order valence-corrected chi connectivity index (χ1v) is 7.78. The Morgan fingerprint density at radius 1 is 1.43 bits per heavy atom. The molecule has 7 nitrogen and oxygen atoms in total. The van der Waals surface area contributed by atoms with Gasteiger partial charge in [0.2, 0.25) is 10.0 Å². The zero-order chi connectivity index (χ0) is 15.8. The summed E-state index contributed by atoms with van der Waals surface area (Å²) in [7, 11) is -2.72. The number of benzene rings is 1. The number of nitrogens with zero attached hydrogens (tertiary/aromatic N) is 1. The van der Waals surface area contributed by atoms with E-state index in [1.54, 1.807) is 13.0 Å². The van der Waals surface area contributed by atoms with Crippen molar-refractivity contribution in [3.8, 4) is 5.75 Å². The van der Waals surface area contributed by atoms with E-state index >= 15 is 0 Å². The van der Waals surface area contributed by atoms with Crippen molar-refractivity contribution in [3.05, 3.63) is 23.8 Å². The molecule has 21 heavy (non-hydrogen) atoms. The Morgan fingerprint density at radius 3 is 2.67 bits per heavy atom. The van der Waals surface area contributed by atoms with Crippen LogP contribution in [0.25, 0.3) is 0 Å². The molecule has 1 unspecified atom stereocenters. The van der Waals surface area contributed by atoms with Crippen molar-refractivity contribution in [2.24, 2.45) is 0 Å². The van der Waals surface area contributed by atoms with Gasteiger partial charge >= 0.3 is 5.97 Å². The second kappa shape index (κ2) is 5.63. The molecule has 2 rings (SSSR count). The molecule has 2 N–H and O–H groups in total. The Balaban J connectivity index is 2.51. The molecule has 1 aliphatic rings. The number of methoxy groups -OCH3 is 1. The number of aryl methyl sites for hydroxylation is 1. The zero-order valence-electron chi connectivity index (χ0n) is 11.7. The van der Waals surface area contributed by atoms with Crippen molar-refractivity contribution >= 4 is 16.0 Å². The van der Waals surface area contributed by atoms with Gasteiger partial charge in [-0.15, -0.1) is 0 Å². The van der Waals surface area contributed by atoms with Crippen LogP contribution >= 0.6 is 0 Å². The van der Waals surface area contributed by atoms with Gasteiger partial charge in [0.1, 0.15) is 16.7 Å². The lowest BCUT2D eigenvalue weighted by Crippen LogP contribution is -2.40. The van der Waals surface area contributed by atoms with Crippen LogP contribution in [-0.4, -0.2) is 54.7 Å². The van der Waals surface area contributed by atoms with E-state index in [1.807, 2.05) is 0 Å². The molecule has 2 atom stereocenters. The molecule has 1 fully saturated rings. The standard InChI is InChI=1S/C13H17NO6S/c1-8-3-4-11(20-2)12(5-8)21(18,19)14-7-9(15)6-10(14)13(16)17/h3-5,9-10,15H,6-7H2,1-2H3,(H,16,17)/t9?,10-/m0/s1. The van der Waals surface area contributed by atoms with Gasteiger partial charge in [0, 0.05) is 13.0 Å². The van der Waals surface area contributed by atoms with E-state index in [9.17, 15) is 18.3 Å². The number of sulfonamides is 1. The molecule has 0 radical (unpaired) electrons. The summed E-state index contributed by atoms with van der Waals surface area (Å²) in [4.78, 5) is 11.1. The molecular weight excluding hydrogens is 298 g/mol. The highest BCUT2D eigenvalue weighted by Gasteiger charge is 2.44. The Kier molecular flexibility index (Phi) is 4.22. The van der Waals surface area contributed by atoms with Crippen LogP contribution in [0, 0.1) is 6.92 Å². The molecule has 1 saturated heterocycles. The number of rotatable bonds is 4. The van der Waals surface area contributed by atoms with E-state index in [0.717, 1.165) is 4.31 Å². The lowest BCUT2D eigenvalue weighted by molar-refractivity contribution is -0.140. The maximum absolute atomic E-state index is 12.7. The van der Waals surface area contributed by atoms with Gasteiger partial charge in [-0.3, -0.25) is 4.79 Å². The highest BCUT2D eigenvalue weighted by atomic mass is 32.2. The number of carbonyl (C=O) groups is 1. The molecule has 0 aliphatic carbocycles. The summed E-state index contributed by atoms with van der Waals surface area (Å²) in [6.07, 6.45) is -1.11. The smallest absolute Gasteiger partial charge is 0.322 e. The molecule has 1 aromatic carbocycles.